The summed E-state index contributed by atoms with van der Waals surface area (Å²) in [6.45, 7) is 2.94. The molecule has 156 valence electrons. The maximum Gasteiger partial charge on any atom is 0.448 e. The highest BCUT2D eigenvalue weighted by atomic mass is 19.4. The van der Waals surface area contributed by atoms with Gasteiger partial charge in [0, 0.05) is 41.8 Å². The third-order valence-corrected chi connectivity index (χ3v) is 4.25. The number of halogens is 3. The van der Waals surface area contributed by atoms with E-state index in [2.05, 4.69) is 27.2 Å². The number of aromatic nitrogens is 2. The molecule has 0 fully saturated rings. The van der Waals surface area contributed by atoms with E-state index in [1.54, 1.807) is 6.20 Å². The predicted octanol–water partition coefficient (Wildman–Crippen LogP) is 4.73. The lowest BCUT2D eigenvalue weighted by Gasteiger charge is -2.11. The van der Waals surface area contributed by atoms with Crippen LogP contribution in [0, 0.1) is 0 Å². The van der Waals surface area contributed by atoms with Gasteiger partial charge in [-0.15, -0.1) is 0 Å². The number of amides is 1. The molecular weight excluding hydrogens is 397 g/mol. The molecule has 0 radical (unpaired) electrons. The van der Waals surface area contributed by atoms with Gasteiger partial charge in [0.25, 0.3) is 5.91 Å². The summed E-state index contributed by atoms with van der Waals surface area (Å²) in [7, 11) is 0. The molecular formula is C21H19F3N4O2. The number of benzene rings is 1. The lowest BCUT2D eigenvalue weighted by Crippen LogP contribution is -2.31. The monoisotopic (exact) mass is 416 g/mol. The number of pyridine rings is 1. The van der Waals surface area contributed by atoms with Crippen molar-refractivity contribution < 1.29 is 23.1 Å². The molecule has 2 aromatic heterocycles. The van der Waals surface area contributed by atoms with Gasteiger partial charge < -0.3 is 20.7 Å². The van der Waals surface area contributed by atoms with Gasteiger partial charge in [0.1, 0.15) is 5.82 Å². The quantitative estimate of drug-likeness (QED) is 0.465. The Balaban J connectivity index is 0.000000318. The van der Waals surface area contributed by atoms with E-state index in [1.807, 2.05) is 48.5 Å². The van der Waals surface area contributed by atoms with Gasteiger partial charge in [-0.3, -0.25) is 4.79 Å². The maximum atomic E-state index is 11.9. The van der Waals surface area contributed by atoms with Crippen LogP contribution in [0.4, 0.5) is 24.7 Å². The summed E-state index contributed by atoms with van der Waals surface area (Å²) in [5.74, 6) is -0.997. The summed E-state index contributed by atoms with van der Waals surface area (Å²) >= 11 is 0. The molecule has 0 spiro atoms. The summed E-state index contributed by atoms with van der Waals surface area (Å²) in [6, 6.07) is 15.7. The van der Waals surface area contributed by atoms with Crippen LogP contribution in [-0.4, -0.2) is 33.7 Å². The van der Waals surface area contributed by atoms with E-state index < -0.39 is 11.9 Å². The van der Waals surface area contributed by atoms with Crippen molar-refractivity contribution in [1.29, 1.82) is 0 Å². The fourth-order valence-electron chi connectivity index (χ4n) is 2.78. The second-order valence-corrected chi connectivity index (χ2v) is 6.45. The van der Waals surface area contributed by atoms with Crippen LogP contribution < -0.4 is 10.6 Å². The number of anilines is 2. The van der Waals surface area contributed by atoms with E-state index in [4.69, 9.17) is 5.11 Å². The van der Waals surface area contributed by atoms with Crippen LogP contribution >= 0.6 is 0 Å². The number of aromatic amines is 1. The number of rotatable bonds is 3. The zero-order valence-corrected chi connectivity index (χ0v) is 15.8. The molecule has 0 aliphatic carbocycles. The average molecular weight is 416 g/mol. The van der Waals surface area contributed by atoms with Crippen LogP contribution in [0.15, 0.2) is 67.1 Å². The first kappa shape index (κ1) is 21.0. The van der Waals surface area contributed by atoms with E-state index in [1.165, 1.54) is 0 Å². The molecule has 6 nitrogen and oxygen atoms in total. The Hall–Kier alpha value is -3.75. The van der Waals surface area contributed by atoms with Crippen LogP contribution in [0.5, 0.6) is 0 Å². The molecule has 3 aromatic rings. The number of nitrogens with one attached hydrogen (secondary N) is 3. The predicted molar refractivity (Wildman–Crippen MR) is 108 cm³/mol. The van der Waals surface area contributed by atoms with Gasteiger partial charge in [-0.05, 0) is 30.3 Å². The highest BCUT2D eigenvalue weighted by molar-refractivity contribution is 5.97. The number of hydrogen-bond donors (Lipinski definition) is 4. The Morgan fingerprint density at radius 3 is 2.50 bits per heavy atom. The van der Waals surface area contributed by atoms with Gasteiger partial charge in [-0.25, -0.2) is 4.98 Å². The number of para-hydroxylation sites is 1. The molecule has 4 N–H and O–H groups in total. The standard InChI is InChI=1S/C18H16N4O.C3H3F3O/c23-18-14-11-16(22-15(14)7-9-20-18)12-6-8-19-17(10-12)21-13-4-2-1-3-5-13;1-2(7)3(4,5)6/h1-6,8,10-11,22H,7,9H2,(H,19,21)(H,20,23);7H,1H2. The third-order valence-electron chi connectivity index (χ3n) is 4.25. The van der Waals surface area contributed by atoms with E-state index in [0.29, 0.717) is 6.54 Å². The van der Waals surface area contributed by atoms with Crippen molar-refractivity contribution in [3.8, 4) is 11.3 Å². The Morgan fingerprint density at radius 2 is 1.87 bits per heavy atom. The lowest BCUT2D eigenvalue weighted by atomic mass is 10.1. The number of allylic oxidation sites excluding steroid dienone is 1. The normalized spacial score (nSPS) is 12.8. The van der Waals surface area contributed by atoms with Crippen molar-refractivity contribution in [2.24, 2.45) is 0 Å². The molecule has 1 aromatic carbocycles. The third kappa shape index (κ3) is 5.19. The first-order valence-electron chi connectivity index (χ1n) is 8.97. The van der Waals surface area contributed by atoms with Gasteiger partial charge in [0.15, 0.2) is 5.76 Å². The number of hydrogen-bond acceptors (Lipinski definition) is 4. The second kappa shape index (κ2) is 8.73. The first-order valence-corrected chi connectivity index (χ1v) is 8.97. The molecule has 3 heterocycles. The number of fused-ring (bicyclic) bond motifs is 1. The van der Waals surface area contributed by atoms with Crippen LogP contribution in [0.2, 0.25) is 0 Å². The fraction of sp³-hybridized carbons (Fsp3) is 0.143. The van der Waals surface area contributed by atoms with Crippen LogP contribution in [-0.2, 0) is 6.42 Å². The van der Waals surface area contributed by atoms with Crippen LogP contribution in [0.3, 0.4) is 0 Å². The Bertz CT molecular complexity index is 1050. The van der Waals surface area contributed by atoms with Crippen molar-refractivity contribution in [3.63, 3.8) is 0 Å². The van der Waals surface area contributed by atoms with E-state index in [-0.39, 0.29) is 5.91 Å². The Kier molecular flexibility index (Phi) is 6.10. The van der Waals surface area contributed by atoms with Crippen LogP contribution in [0.25, 0.3) is 11.3 Å². The zero-order chi connectivity index (χ0) is 21.7. The molecule has 0 saturated heterocycles. The summed E-state index contributed by atoms with van der Waals surface area (Å²) < 4.78 is 32.5. The smallest absolute Gasteiger partial charge is 0.448 e. The highest BCUT2D eigenvalue weighted by Crippen LogP contribution is 2.26. The molecule has 1 aliphatic rings. The summed E-state index contributed by atoms with van der Waals surface area (Å²) in [5.41, 5.74) is 4.66. The van der Waals surface area contributed by atoms with E-state index in [9.17, 15) is 18.0 Å². The van der Waals surface area contributed by atoms with Gasteiger partial charge in [-0.1, -0.05) is 24.8 Å². The SMILES string of the molecule is C=C(O)C(F)(F)F.O=C1NCCc2[nH]c(-c3ccnc(Nc4ccccc4)c3)cc21. The number of aliphatic hydroxyl groups excluding tert-OH is 1. The first-order chi connectivity index (χ1) is 14.2. The average Bonchev–Trinajstić information content (AvgIpc) is 3.15. The van der Waals surface area contributed by atoms with Crippen LogP contribution in [0.1, 0.15) is 16.1 Å². The van der Waals surface area contributed by atoms with E-state index >= 15 is 0 Å². The molecule has 0 saturated carbocycles. The molecule has 1 aliphatic heterocycles. The topological polar surface area (TPSA) is 90.0 Å². The lowest BCUT2D eigenvalue weighted by molar-refractivity contribution is -0.119. The zero-order valence-electron chi connectivity index (χ0n) is 15.8. The van der Waals surface area contributed by atoms with Crippen molar-refractivity contribution in [2.75, 3.05) is 11.9 Å². The van der Waals surface area contributed by atoms with Gasteiger partial charge >= 0.3 is 6.18 Å². The summed E-state index contributed by atoms with van der Waals surface area (Å²) in [4.78, 5) is 19.6. The van der Waals surface area contributed by atoms with Crippen molar-refractivity contribution in [3.05, 3.63) is 78.3 Å². The van der Waals surface area contributed by atoms with Crippen molar-refractivity contribution >= 4 is 17.4 Å². The molecule has 0 unspecified atom stereocenters. The number of H-pyrrole nitrogens is 1. The number of carbonyl (C=O) groups is 1. The minimum Gasteiger partial charge on any atom is -0.505 e. The minimum absolute atomic E-state index is 0.00885. The largest absolute Gasteiger partial charge is 0.505 e. The minimum atomic E-state index is -4.64. The molecule has 0 atom stereocenters. The number of carbonyl (C=O) groups excluding carboxylic acids is 1. The molecule has 1 amide bonds. The van der Waals surface area contributed by atoms with Gasteiger partial charge in [-0.2, -0.15) is 13.2 Å². The Morgan fingerprint density at radius 1 is 1.17 bits per heavy atom. The molecule has 30 heavy (non-hydrogen) atoms. The maximum absolute atomic E-state index is 11.9. The summed E-state index contributed by atoms with van der Waals surface area (Å²) in [5, 5.41) is 13.7. The molecule has 4 rings (SSSR count). The molecule has 9 heteroatoms. The second-order valence-electron chi connectivity index (χ2n) is 6.45. The summed E-state index contributed by atoms with van der Waals surface area (Å²) in [6.07, 6.45) is -2.04. The number of alkyl halides is 3. The molecule has 0 bridgehead atoms. The number of aliphatic hydroxyl groups is 1. The van der Waals surface area contributed by atoms with Gasteiger partial charge in [0.2, 0.25) is 0 Å². The van der Waals surface area contributed by atoms with E-state index in [0.717, 1.165) is 40.4 Å². The van der Waals surface area contributed by atoms with Gasteiger partial charge in [0.05, 0.1) is 5.56 Å². The Labute approximate surface area is 170 Å². The number of nitrogens with zero attached hydrogens (tertiary/aromatic N) is 1. The highest BCUT2D eigenvalue weighted by Gasteiger charge is 2.31. The van der Waals surface area contributed by atoms with Crippen molar-refractivity contribution in [1.82, 2.24) is 15.3 Å². The van der Waals surface area contributed by atoms with Crippen molar-refractivity contribution in [2.45, 2.75) is 12.6 Å². The fourth-order valence-corrected chi connectivity index (χ4v) is 2.78.